The normalized spacial score (nSPS) is 15.7. The van der Waals surface area contributed by atoms with Crippen LogP contribution in [0.2, 0.25) is 0 Å². The van der Waals surface area contributed by atoms with Gasteiger partial charge in [0.1, 0.15) is 17.3 Å². The average Bonchev–Trinajstić information content (AvgIpc) is 3.51. The van der Waals surface area contributed by atoms with E-state index in [9.17, 15) is 22.3 Å². The Labute approximate surface area is 207 Å². The summed E-state index contributed by atoms with van der Waals surface area (Å²) in [5, 5.41) is 14.9. The minimum absolute atomic E-state index is 0.0165. The van der Waals surface area contributed by atoms with Crippen LogP contribution in [0.1, 0.15) is 37.8 Å². The predicted octanol–water partition coefficient (Wildman–Crippen LogP) is 4.24. The van der Waals surface area contributed by atoms with Crippen LogP contribution in [0.3, 0.4) is 0 Å². The monoisotopic (exact) mass is 515 g/mol. The fraction of sp³-hybridized carbons (Fsp3) is 0.360. The highest BCUT2D eigenvalue weighted by Gasteiger charge is 2.28. The Kier molecular flexibility index (Phi) is 6.62. The first kappa shape index (κ1) is 24.5. The van der Waals surface area contributed by atoms with Crippen LogP contribution < -0.4 is 0 Å². The molecule has 0 atom stereocenters. The van der Waals surface area contributed by atoms with Gasteiger partial charge in [0.25, 0.3) is 0 Å². The van der Waals surface area contributed by atoms with E-state index in [1.165, 1.54) is 6.07 Å². The van der Waals surface area contributed by atoms with Gasteiger partial charge in [-0.15, -0.1) is 0 Å². The Hall–Kier alpha value is -3.15. The van der Waals surface area contributed by atoms with E-state index in [1.807, 2.05) is 23.9 Å². The quantitative estimate of drug-likeness (QED) is 0.383. The lowest BCUT2D eigenvalue weighted by molar-refractivity contribution is 0.261. The van der Waals surface area contributed by atoms with E-state index in [0.717, 1.165) is 17.2 Å². The Morgan fingerprint density at radius 1 is 1.11 bits per heavy atom. The molecule has 4 heterocycles. The number of hydrogen-bond acceptors (Lipinski definition) is 5. The predicted molar refractivity (Wildman–Crippen MR) is 133 cm³/mol. The number of nitrogens with one attached hydrogen (secondary N) is 1. The van der Waals surface area contributed by atoms with Crippen LogP contribution in [0.4, 0.5) is 8.78 Å². The van der Waals surface area contributed by atoms with Gasteiger partial charge in [0, 0.05) is 65.4 Å². The lowest BCUT2D eigenvalue weighted by Gasteiger charge is -2.31. The molecule has 1 aromatic carbocycles. The highest BCUT2D eigenvalue weighted by Crippen LogP contribution is 2.35. The van der Waals surface area contributed by atoms with E-state index in [-0.39, 0.29) is 22.9 Å². The Balaban J connectivity index is 1.41. The maximum absolute atomic E-state index is 14.3. The van der Waals surface area contributed by atoms with Crippen LogP contribution in [0.15, 0.2) is 43.0 Å². The van der Waals surface area contributed by atoms with Crippen molar-refractivity contribution in [2.24, 2.45) is 0 Å². The number of sulfonamides is 1. The molecule has 0 bridgehead atoms. The van der Waals surface area contributed by atoms with E-state index in [1.54, 1.807) is 22.9 Å². The molecule has 5 rings (SSSR count). The molecule has 4 aromatic rings. The topological polar surface area (TPSA) is 104 Å². The zero-order chi connectivity index (χ0) is 25.4. The van der Waals surface area contributed by atoms with Crippen LogP contribution in [0.5, 0.6) is 0 Å². The number of benzene rings is 1. The number of aliphatic hydroxyl groups is 1. The van der Waals surface area contributed by atoms with Crippen molar-refractivity contribution in [3.05, 3.63) is 60.2 Å². The standard InChI is InChI=1S/C25H27F2N5O3S/c1-2-7-36(34,35)31-5-3-19(4-6-31)32-14-17(12-30-32)16-8-21-22(13-29-25(21)28-11-16)20-9-18(26)10-24(27)23(20)15-33/h8-14,19,33H,2-7,15H2,1H3,(H,28,29). The summed E-state index contributed by atoms with van der Waals surface area (Å²) in [6, 6.07) is 3.92. The number of pyridine rings is 1. The third-order valence-electron chi connectivity index (χ3n) is 6.73. The molecule has 1 saturated heterocycles. The maximum atomic E-state index is 14.3. The van der Waals surface area contributed by atoms with Crippen LogP contribution in [0, 0.1) is 11.6 Å². The number of piperidine rings is 1. The number of fused-ring (bicyclic) bond motifs is 1. The molecule has 1 aliphatic rings. The van der Waals surface area contributed by atoms with E-state index in [4.69, 9.17) is 0 Å². The fourth-order valence-electron chi connectivity index (χ4n) is 4.85. The first-order chi connectivity index (χ1) is 17.3. The number of nitrogens with zero attached hydrogens (tertiary/aromatic N) is 4. The van der Waals surface area contributed by atoms with Gasteiger partial charge in [0.05, 0.1) is 24.6 Å². The molecule has 0 spiro atoms. The molecule has 0 radical (unpaired) electrons. The van der Waals surface area contributed by atoms with Crippen molar-refractivity contribution < 1.29 is 22.3 Å². The van der Waals surface area contributed by atoms with E-state index >= 15 is 0 Å². The average molecular weight is 516 g/mol. The lowest BCUT2D eigenvalue weighted by Crippen LogP contribution is -2.40. The summed E-state index contributed by atoms with van der Waals surface area (Å²) in [7, 11) is -3.20. The van der Waals surface area contributed by atoms with Gasteiger partial charge in [0.15, 0.2) is 0 Å². The number of aromatic nitrogens is 4. The van der Waals surface area contributed by atoms with Crippen LogP contribution in [-0.4, -0.2) is 56.4 Å². The van der Waals surface area contributed by atoms with E-state index < -0.39 is 28.3 Å². The second-order valence-electron chi connectivity index (χ2n) is 9.05. The third kappa shape index (κ3) is 4.54. The second-order valence-corrected chi connectivity index (χ2v) is 11.1. The van der Waals surface area contributed by atoms with Gasteiger partial charge in [-0.25, -0.2) is 26.5 Å². The first-order valence-corrected chi connectivity index (χ1v) is 13.5. The molecular weight excluding hydrogens is 488 g/mol. The van der Waals surface area contributed by atoms with Crippen LogP contribution in [0.25, 0.3) is 33.3 Å². The number of H-pyrrole nitrogens is 1. The molecule has 190 valence electrons. The molecule has 0 saturated carbocycles. The zero-order valence-corrected chi connectivity index (χ0v) is 20.6. The van der Waals surface area contributed by atoms with Crippen LogP contribution >= 0.6 is 0 Å². The van der Waals surface area contributed by atoms with Gasteiger partial charge in [-0.1, -0.05) is 6.92 Å². The summed E-state index contributed by atoms with van der Waals surface area (Å²) >= 11 is 0. The Morgan fingerprint density at radius 2 is 1.89 bits per heavy atom. The van der Waals surface area contributed by atoms with Crippen molar-refractivity contribution in [3.8, 4) is 22.3 Å². The van der Waals surface area contributed by atoms with Crippen molar-refractivity contribution in [2.75, 3.05) is 18.8 Å². The molecule has 1 fully saturated rings. The lowest BCUT2D eigenvalue weighted by atomic mass is 9.98. The number of aliphatic hydroxyl groups excluding tert-OH is 1. The molecule has 3 aromatic heterocycles. The van der Waals surface area contributed by atoms with Gasteiger partial charge < -0.3 is 10.1 Å². The SMILES string of the molecule is CCCS(=O)(=O)N1CCC(n2cc(-c3cnc4[nH]cc(-c5cc(F)cc(F)c5CO)c4c3)cn2)CC1. The molecule has 2 N–H and O–H groups in total. The summed E-state index contributed by atoms with van der Waals surface area (Å²) in [5.41, 5.74) is 2.97. The van der Waals surface area contributed by atoms with Crippen molar-refractivity contribution in [1.29, 1.82) is 0 Å². The highest BCUT2D eigenvalue weighted by molar-refractivity contribution is 7.89. The fourth-order valence-corrected chi connectivity index (χ4v) is 6.39. The van der Waals surface area contributed by atoms with E-state index in [2.05, 4.69) is 15.1 Å². The van der Waals surface area contributed by atoms with E-state index in [0.29, 0.717) is 48.9 Å². The smallest absolute Gasteiger partial charge is 0.214 e. The zero-order valence-electron chi connectivity index (χ0n) is 19.8. The number of halogens is 2. The molecule has 0 unspecified atom stereocenters. The largest absolute Gasteiger partial charge is 0.392 e. The Bertz CT molecular complexity index is 1510. The summed E-state index contributed by atoms with van der Waals surface area (Å²) in [5.74, 6) is -1.36. The minimum Gasteiger partial charge on any atom is -0.392 e. The van der Waals surface area contributed by atoms with Gasteiger partial charge >= 0.3 is 0 Å². The van der Waals surface area contributed by atoms with Crippen molar-refractivity contribution >= 4 is 21.1 Å². The number of rotatable bonds is 7. The molecule has 11 heteroatoms. The van der Waals surface area contributed by atoms with Gasteiger partial charge in [0.2, 0.25) is 10.0 Å². The highest BCUT2D eigenvalue weighted by atomic mass is 32.2. The molecule has 0 aliphatic carbocycles. The second kappa shape index (κ2) is 9.72. The van der Waals surface area contributed by atoms with Crippen molar-refractivity contribution in [2.45, 2.75) is 38.8 Å². The first-order valence-electron chi connectivity index (χ1n) is 11.9. The number of hydrogen-bond donors (Lipinski definition) is 2. The van der Waals surface area contributed by atoms with Gasteiger partial charge in [-0.3, -0.25) is 4.68 Å². The maximum Gasteiger partial charge on any atom is 0.214 e. The summed E-state index contributed by atoms with van der Waals surface area (Å²) < 4.78 is 56.4. The van der Waals surface area contributed by atoms with Crippen molar-refractivity contribution in [1.82, 2.24) is 24.1 Å². The van der Waals surface area contributed by atoms with Crippen molar-refractivity contribution in [3.63, 3.8) is 0 Å². The number of aromatic amines is 1. The summed E-state index contributed by atoms with van der Waals surface area (Å²) in [6.07, 6.45) is 8.92. The third-order valence-corrected chi connectivity index (χ3v) is 8.80. The molecule has 1 aliphatic heterocycles. The Morgan fingerprint density at radius 3 is 2.61 bits per heavy atom. The summed E-state index contributed by atoms with van der Waals surface area (Å²) in [6.45, 7) is 2.24. The molecule has 0 amide bonds. The van der Waals surface area contributed by atoms with Crippen LogP contribution in [-0.2, 0) is 16.6 Å². The van der Waals surface area contributed by atoms with Gasteiger partial charge in [-0.05, 0) is 37.0 Å². The van der Waals surface area contributed by atoms with Gasteiger partial charge in [-0.2, -0.15) is 5.10 Å². The summed E-state index contributed by atoms with van der Waals surface area (Å²) in [4.78, 5) is 7.49. The molecule has 36 heavy (non-hydrogen) atoms. The molecule has 8 nitrogen and oxygen atoms in total. The minimum atomic E-state index is -3.20. The molecular formula is C25H27F2N5O3S.